The van der Waals surface area contributed by atoms with Crippen molar-refractivity contribution in [2.45, 2.75) is 0 Å². The predicted octanol–water partition coefficient (Wildman–Crippen LogP) is 11.5. The SMILES string of the molecule is C(#C[PH+](c1ccccc1)c1ccccc1)c1ccccc1.C(#C[PH+](c1ccccc1)c1ccccc1)c1ccccc1.C(#C[PH+](c1ccccc1)c1ccccc1)c1ccccc1.[C-]#[O+].[C-]#[O+].[C-]#[O+].[Cr+3]. The molecule has 333 valence electrons. The average molecular weight is 998 g/mol. The van der Waals surface area contributed by atoms with Gasteiger partial charge in [-0.05, 0) is 127 Å². The Balaban J connectivity index is 0.000000261. The van der Waals surface area contributed by atoms with Gasteiger partial charge in [0.05, 0.1) is 17.0 Å². The molecule has 7 heteroatoms. The van der Waals surface area contributed by atoms with Crippen LogP contribution in [0.5, 0.6) is 0 Å². The fourth-order valence-corrected chi connectivity index (χ4v) is 12.4. The van der Waals surface area contributed by atoms with E-state index in [1.54, 1.807) is 0 Å². The van der Waals surface area contributed by atoms with Crippen molar-refractivity contribution in [3.8, 4) is 34.7 Å². The van der Waals surface area contributed by atoms with Gasteiger partial charge in [-0.3, -0.25) is 0 Å². The minimum Gasteiger partial charge on any atom is 3.00 e. The molecule has 0 aliphatic heterocycles. The summed E-state index contributed by atoms with van der Waals surface area (Å²) >= 11 is 0. The second kappa shape index (κ2) is 35.8. The zero-order valence-corrected chi connectivity index (χ0v) is 42.4. The first-order chi connectivity index (χ1) is 34.3. The molecule has 0 bridgehead atoms. The number of hydrogen-bond donors (Lipinski definition) is 0. The molecule has 0 heterocycles. The van der Waals surface area contributed by atoms with Crippen molar-refractivity contribution in [2.24, 2.45) is 0 Å². The molecule has 0 unspecified atom stereocenters. The molecule has 0 saturated heterocycles. The molecule has 70 heavy (non-hydrogen) atoms. The van der Waals surface area contributed by atoms with Gasteiger partial charge >= 0.3 is 51.3 Å². The first-order valence-corrected chi connectivity index (χ1v) is 26.1. The molecule has 0 aromatic heterocycles. The van der Waals surface area contributed by atoms with E-state index in [-0.39, 0.29) is 17.4 Å². The molecule has 0 aliphatic rings. The van der Waals surface area contributed by atoms with Crippen molar-refractivity contribution in [1.82, 2.24) is 0 Å². The normalized spacial score (nSPS) is 9.04. The number of hydrogen-bond acceptors (Lipinski definition) is 0. The summed E-state index contributed by atoms with van der Waals surface area (Å²) in [7, 11) is -3.18. The molecule has 1 radical (unpaired) electrons. The molecular weight excluding hydrogens is 950 g/mol. The maximum atomic E-state index is 7.50. The van der Waals surface area contributed by atoms with Crippen LogP contribution in [0.3, 0.4) is 0 Å². The van der Waals surface area contributed by atoms with E-state index in [0.29, 0.717) is 0 Å². The molecule has 0 aliphatic carbocycles. The van der Waals surface area contributed by atoms with E-state index in [9.17, 15) is 0 Å². The quantitative estimate of drug-likeness (QED) is 0.0690. The number of benzene rings is 9. The van der Waals surface area contributed by atoms with Crippen molar-refractivity contribution in [3.63, 3.8) is 0 Å². The third-order valence-electron chi connectivity index (χ3n) is 9.69. The molecular formula is C63H48CrO3P3+6. The minimum atomic E-state index is -1.06. The van der Waals surface area contributed by atoms with Gasteiger partial charge in [-0.2, -0.15) is 0 Å². The van der Waals surface area contributed by atoms with Gasteiger partial charge < -0.3 is 0 Å². The van der Waals surface area contributed by atoms with Crippen LogP contribution in [0.4, 0.5) is 0 Å². The second-order valence-corrected chi connectivity index (χ2v) is 20.6. The van der Waals surface area contributed by atoms with Crippen molar-refractivity contribution in [1.29, 1.82) is 0 Å². The fourth-order valence-electron chi connectivity index (χ4n) is 6.53. The van der Waals surface area contributed by atoms with Crippen LogP contribution < -0.4 is 31.8 Å². The zero-order chi connectivity index (χ0) is 49.0. The second-order valence-electron chi connectivity index (χ2n) is 14.2. The maximum Gasteiger partial charge on any atom is 3.00 e. The van der Waals surface area contributed by atoms with Crippen LogP contribution in [-0.4, -0.2) is 0 Å². The Bertz CT molecular complexity index is 2580. The van der Waals surface area contributed by atoms with Gasteiger partial charge in [0.15, 0.2) is 0 Å². The van der Waals surface area contributed by atoms with Crippen LogP contribution in [0.25, 0.3) is 0 Å². The Hall–Kier alpha value is -7.30. The van der Waals surface area contributed by atoms with Crippen molar-refractivity contribution in [3.05, 3.63) is 310 Å². The molecule has 0 N–H and O–H groups in total. The Labute approximate surface area is 428 Å². The monoisotopic (exact) mass is 997 g/mol. The van der Waals surface area contributed by atoms with Crippen LogP contribution in [0.2, 0.25) is 0 Å². The van der Waals surface area contributed by atoms with E-state index in [1.807, 2.05) is 54.6 Å². The van der Waals surface area contributed by atoms with Gasteiger partial charge in [0.1, 0.15) is 55.6 Å². The van der Waals surface area contributed by atoms with Crippen molar-refractivity contribution < 1.29 is 31.3 Å². The minimum absolute atomic E-state index is 0. The van der Waals surface area contributed by atoms with E-state index < -0.39 is 23.8 Å². The van der Waals surface area contributed by atoms with E-state index in [4.69, 9.17) is 14.0 Å². The van der Waals surface area contributed by atoms with E-state index >= 15 is 0 Å². The van der Waals surface area contributed by atoms with Gasteiger partial charge in [-0.15, -0.1) is 0 Å². The molecule has 0 spiro atoms. The summed E-state index contributed by atoms with van der Waals surface area (Å²) in [5.74, 6) is 10.0. The third-order valence-corrected chi connectivity index (χ3v) is 16.3. The largest absolute Gasteiger partial charge is 3.00 e. The zero-order valence-electron chi connectivity index (χ0n) is 38.1. The van der Waals surface area contributed by atoms with Crippen LogP contribution in [0, 0.1) is 54.7 Å². The summed E-state index contributed by atoms with van der Waals surface area (Å²) in [6, 6.07) is 94.2. The summed E-state index contributed by atoms with van der Waals surface area (Å²) in [6.45, 7) is 13.5. The number of rotatable bonds is 6. The summed E-state index contributed by atoms with van der Waals surface area (Å²) in [6.07, 6.45) is 0. The van der Waals surface area contributed by atoms with Crippen LogP contribution in [0.15, 0.2) is 273 Å². The van der Waals surface area contributed by atoms with Gasteiger partial charge in [-0.25, -0.2) is 0 Å². The Kier molecular flexibility index (Phi) is 29.2. The first kappa shape index (κ1) is 57.0. The average Bonchev–Trinajstić information content (AvgIpc) is 3.46. The first-order valence-electron chi connectivity index (χ1n) is 21.6. The molecule has 3 nitrogen and oxygen atoms in total. The molecule has 0 amide bonds. The van der Waals surface area contributed by atoms with Gasteiger partial charge in [0, 0.05) is 16.7 Å². The molecule has 0 saturated carbocycles. The Morgan fingerprint density at radius 3 is 0.486 bits per heavy atom. The Morgan fingerprint density at radius 2 is 0.343 bits per heavy atom. The van der Waals surface area contributed by atoms with Gasteiger partial charge in [0.25, 0.3) is 0 Å². The summed E-state index contributed by atoms with van der Waals surface area (Å²) < 4.78 is 22.5. The third kappa shape index (κ3) is 20.1. The molecule has 9 aromatic rings. The predicted molar refractivity (Wildman–Crippen MR) is 293 cm³/mol. The molecule has 0 atom stereocenters. The summed E-state index contributed by atoms with van der Waals surface area (Å²) in [5.41, 5.74) is 13.8. The van der Waals surface area contributed by atoms with Crippen LogP contribution in [0.1, 0.15) is 16.7 Å². The molecule has 9 aromatic carbocycles. The topological polar surface area (TPSA) is 59.7 Å². The summed E-state index contributed by atoms with van der Waals surface area (Å²) in [5, 5.41) is 7.98. The van der Waals surface area contributed by atoms with Crippen LogP contribution in [-0.2, 0) is 31.3 Å². The Morgan fingerprint density at radius 1 is 0.214 bits per heavy atom. The van der Waals surface area contributed by atoms with Crippen LogP contribution >= 0.6 is 23.8 Å². The standard InChI is InChI=1S/3C20H15P.3CO.Cr/c3*1-4-10-18(11-5-1)16-17-21(19-12-6-2-7-13-19)20-14-8-3-9-15-20;3*1-2;/h3*1-15H;;;;/q;;;;;;+3/p+3. The van der Waals surface area contributed by atoms with Crippen molar-refractivity contribution >= 4 is 55.6 Å². The summed E-state index contributed by atoms with van der Waals surface area (Å²) in [4.78, 5) is 0. The van der Waals surface area contributed by atoms with Gasteiger partial charge in [0.2, 0.25) is 0 Å². The maximum absolute atomic E-state index is 7.50. The molecule has 9 rings (SSSR count). The van der Waals surface area contributed by atoms with Crippen molar-refractivity contribution in [2.75, 3.05) is 0 Å². The van der Waals surface area contributed by atoms with E-state index in [2.05, 4.69) is 273 Å². The smallest absolute Gasteiger partial charge is 3.00 e. The van der Waals surface area contributed by atoms with Gasteiger partial charge in [-0.1, -0.05) is 164 Å². The van der Waals surface area contributed by atoms with E-state index in [0.717, 1.165) is 16.7 Å². The molecule has 0 fully saturated rings. The van der Waals surface area contributed by atoms with E-state index in [1.165, 1.54) is 31.8 Å². The fraction of sp³-hybridized carbons (Fsp3) is 0.